The summed E-state index contributed by atoms with van der Waals surface area (Å²) in [6, 6.07) is 0. The lowest BCUT2D eigenvalue weighted by Crippen LogP contribution is -2.43. The molecule has 0 heterocycles. The van der Waals surface area contributed by atoms with E-state index in [1.807, 2.05) is 0 Å². The Bertz CT molecular complexity index is 147. The van der Waals surface area contributed by atoms with Crippen molar-refractivity contribution in [2.75, 3.05) is 13.8 Å². The number of halogens is 6. The summed E-state index contributed by atoms with van der Waals surface area (Å²) in [5.74, 6) is 0. The van der Waals surface area contributed by atoms with E-state index in [0.717, 1.165) is 0 Å². The molecule has 3 unspecified atom stereocenters. The Labute approximate surface area is 70.7 Å². The molecule has 0 bridgehead atoms. The first-order valence-electron chi connectivity index (χ1n) is 3.28. The van der Waals surface area contributed by atoms with E-state index in [2.05, 4.69) is 4.74 Å². The molecule has 0 amide bonds. The number of hydrogen-bond donors (Lipinski definition) is 0. The minimum Gasteiger partial charge on any atom is -0.375 e. The predicted molar refractivity (Wildman–Crippen MR) is 32.6 cm³/mol. The molecule has 0 saturated carbocycles. The Morgan fingerprint density at radius 1 is 1.23 bits per heavy atom. The van der Waals surface area contributed by atoms with Crippen molar-refractivity contribution in [3.8, 4) is 0 Å². The number of hydrogen-bond acceptors (Lipinski definition) is 1. The van der Waals surface area contributed by atoms with Crippen molar-refractivity contribution in [2.45, 2.75) is 24.6 Å². The Hall–Kier alpha value is -0.460. The molecular weight excluding hydrogens is 202 g/mol. The zero-order chi connectivity index (χ0) is 10.6. The lowest BCUT2D eigenvalue weighted by atomic mass is 10.1. The first-order chi connectivity index (χ1) is 5.84. The average Bonchev–Trinajstić information content (AvgIpc) is 2.03. The van der Waals surface area contributed by atoms with E-state index in [4.69, 9.17) is 0 Å². The summed E-state index contributed by atoms with van der Waals surface area (Å²) in [5, 5.41) is 0. The maximum atomic E-state index is 12.4. The van der Waals surface area contributed by atoms with Gasteiger partial charge in [0.25, 0.3) is 0 Å². The van der Waals surface area contributed by atoms with Gasteiger partial charge >= 0.3 is 6.18 Å². The zero-order valence-electron chi connectivity index (χ0n) is 6.62. The fourth-order valence-corrected chi connectivity index (χ4v) is 0.725. The third-order valence-corrected chi connectivity index (χ3v) is 1.38. The maximum absolute atomic E-state index is 12.4. The van der Waals surface area contributed by atoms with Crippen molar-refractivity contribution in [1.82, 2.24) is 0 Å². The quantitative estimate of drug-likeness (QED) is 0.646. The van der Waals surface area contributed by atoms with Gasteiger partial charge in [-0.2, -0.15) is 13.2 Å². The van der Waals surface area contributed by atoms with Crippen molar-refractivity contribution >= 4 is 0 Å². The van der Waals surface area contributed by atoms with Crippen LogP contribution in [0, 0.1) is 0 Å². The van der Waals surface area contributed by atoms with Crippen molar-refractivity contribution in [2.24, 2.45) is 0 Å². The highest BCUT2D eigenvalue weighted by Crippen LogP contribution is 2.28. The lowest BCUT2D eigenvalue weighted by molar-refractivity contribution is -0.217. The van der Waals surface area contributed by atoms with Crippen LogP contribution in [0.15, 0.2) is 0 Å². The maximum Gasteiger partial charge on any atom is 0.422 e. The molecule has 0 aliphatic rings. The molecule has 3 atom stereocenters. The third-order valence-electron chi connectivity index (χ3n) is 1.38. The van der Waals surface area contributed by atoms with Crippen LogP contribution in [0.4, 0.5) is 26.3 Å². The minimum atomic E-state index is -5.24. The van der Waals surface area contributed by atoms with Gasteiger partial charge in [-0.05, 0) is 0 Å². The van der Waals surface area contributed by atoms with Crippen LogP contribution >= 0.6 is 0 Å². The molecule has 13 heavy (non-hydrogen) atoms. The van der Waals surface area contributed by atoms with Gasteiger partial charge in [0, 0.05) is 7.11 Å². The van der Waals surface area contributed by atoms with Gasteiger partial charge in [0.2, 0.25) is 6.17 Å². The molecule has 0 aliphatic carbocycles. The number of alkyl halides is 6. The normalized spacial score (nSPS) is 19.6. The van der Waals surface area contributed by atoms with Crippen LogP contribution in [-0.4, -0.2) is 38.4 Å². The highest BCUT2D eigenvalue weighted by Gasteiger charge is 2.48. The van der Waals surface area contributed by atoms with Gasteiger partial charge in [0.05, 0.1) is 0 Å². The molecule has 1 nitrogen and oxygen atoms in total. The average molecular weight is 210 g/mol. The highest BCUT2D eigenvalue weighted by atomic mass is 19.4. The predicted octanol–water partition coefficient (Wildman–Crippen LogP) is 2.21. The molecule has 0 aromatic heterocycles. The summed E-state index contributed by atoms with van der Waals surface area (Å²) < 4.78 is 75.1. The summed E-state index contributed by atoms with van der Waals surface area (Å²) in [4.78, 5) is 0. The molecule has 0 aliphatic heterocycles. The summed E-state index contributed by atoms with van der Waals surface area (Å²) in [6.07, 6.45) is -13.8. The van der Waals surface area contributed by atoms with Gasteiger partial charge in [0.15, 0.2) is 6.17 Å². The second kappa shape index (κ2) is 4.69. The van der Waals surface area contributed by atoms with Gasteiger partial charge in [-0.25, -0.2) is 13.2 Å². The fraction of sp³-hybridized carbons (Fsp3) is 1.00. The van der Waals surface area contributed by atoms with Crippen molar-refractivity contribution < 1.29 is 31.1 Å². The van der Waals surface area contributed by atoms with E-state index in [9.17, 15) is 26.3 Å². The smallest absolute Gasteiger partial charge is 0.375 e. The second-order valence-corrected chi connectivity index (χ2v) is 2.31. The Balaban J connectivity index is 4.40. The monoisotopic (exact) mass is 210 g/mol. The first-order valence-corrected chi connectivity index (χ1v) is 3.28. The molecule has 0 saturated heterocycles. The van der Waals surface area contributed by atoms with Gasteiger partial charge in [-0.1, -0.05) is 0 Å². The molecule has 0 N–H and O–H groups in total. The Kier molecular flexibility index (Phi) is 4.52. The van der Waals surface area contributed by atoms with Crippen molar-refractivity contribution in [3.05, 3.63) is 0 Å². The molecule has 7 heteroatoms. The summed E-state index contributed by atoms with van der Waals surface area (Å²) in [5.41, 5.74) is 0. The summed E-state index contributed by atoms with van der Waals surface area (Å²) >= 11 is 0. The molecule has 0 fully saturated rings. The Morgan fingerprint density at radius 2 is 1.69 bits per heavy atom. The number of methoxy groups -OCH3 is 1. The molecule has 0 rings (SSSR count). The van der Waals surface area contributed by atoms with Crippen LogP contribution < -0.4 is 0 Å². The number of rotatable bonds is 4. The molecule has 0 aromatic carbocycles. The first kappa shape index (κ1) is 12.5. The standard InChI is InChI=1S/C6H8F6O/c1-13-4(3(8)2-7)5(9)6(10,11)12/h3-5H,2H2,1H3. The SMILES string of the molecule is COC(C(F)CF)C(F)C(F)(F)F. The molecule has 0 radical (unpaired) electrons. The van der Waals surface area contributed by atoms with Gasteiger partial charge < -0.3 is 4.74 Å². The van der Waals surface area contributed by atoms with Crippen LogP contribution in [0.1, 0.15) is 0 Å². The Morgan fingerprint density at radius 3 is 1.92 bits per heavy atom. The fourth-order valence-electron chi connectivity index (χ4n) is 0.725. The van der Waals surface area contributed by atoms with E-state index in [1.165, 1.54) is 0 Å². The van der Waals surface area contributed by atoms with Crippen LogP contribution in [-0.2, 0) is 4.74 Å². The molecule has 0 aromatic rings. The molecule has 0 spiro atoms. The van der Waals surface area contributed by atoms with Crippen LogP contribution in [0.3, 0.4) is 0 Å². The topological polar surface area (TPSA) is 9.23 Å². The molecule has 80 valence electrons. The van der Waals surface area contributed by atoms with Crippen LogP contribution in [0.2, 0.25) is 0 Å². The van der Waals surface area contributed by atoms with Gasteiger partial charge in [-0.3, -0.25) is 0 Å². The van der Waals surface area contributed by atoms with Crippen LogP contribution in [0.25, 0.3) is 0 Å². The minimum absolute atomic E-state index is 0.686. The van der Waals surface area contributed by atoms with Crippen LogP contribution in [0.5, 0.6) is 0 Å². The second-order valence-electron chi connectivity index (χ2n) is 2.31. The van der Waals surface area contributed by atoms with E-state index in [1.54, 1.807) is 0 Å². The highest BCUT2D eigenvalue weighted by molar-refractivity contribution is 4.82. The lowest BCUT2D eigenvalue weighted by Gasteiger charge is -2.23. The van der Waals surface area contributed by atoms with Gasteiger partial charge in [-0.15, -0.1) is 0 Å². The van der Waals surface area contributed by atoms with Crippen molar-refractivity contribution in [3.63, 3.8) is 0 Å². The van der Waals surface area contributed by atoms with E-state index < -0.39 is 31.3 Å². The van der Waals surface area contributed by atoms with E-state index in [0.29, 0.717) is 7.11 Å². The molecular formula is C6H8F6O. The largest absolute Gasteiger partial charge is 0.422 e. The third kappa shape index (κ3) is 3.41. The number of ether oxygens (including phenoxy) is 1. The van der Waals surface area contributed by atoms with Crippen molar-refractivity contribution in [1.29, 1.82) is 0 Å². The van der Waals surface area contributed by atoms with E-state index >= 15 is 0 Å². The van der Waals surface area contributed by atoms with Gasteiger partial charge in [0.1, 0.15) is 12.8 Å². The summed E-state index contributed by atoms with van der Waals surface area (Å²) in [6.45, 7) is -1.71. The summed E-state index contributed by atoms with van der Waals surface area (Å²) in [7, 11) is 0.686. The van der Waals surface area contributed by atoms with E-state index in [-0.39, 0.29) is 0 Å². The zero-order valence-corrected chi connectivity index (χ0v) is 6.62.